The standard InChI is InChI=1S/C16H25NO3/c17-16(12-19)9-1-2-14(16)8-11-20-15-5-3-13(4-6-15)7-10-18/h3-6,14,18-19H,1-2,7-12,17H2. The van der Waals surface area contributed by atoms with Gasteiger partial charge in [0, 0.05) is 12.1 Å². The average molecular weight is 279 g/mol. The van der Waals surface area contributed by atoms with Gasteiger partial charge in [0.1, 0.15) is 5.75 Å². The zero-order valence-corrected chi connectivity index (χ0v) is 11.9. The van der Waals surface area contributed by atoms with Crippen LogP contribution in [0.3, 0.4) is 0 Å². The summed E-state index contributed by atoms with van der Waals surface area (Å²) < 4.78 is 5.74. The lowest BCUT2D eigenvalue weighted by atomic mass is 9.87. The van der Waals surface area contributed by atoms with Gasteiger partial charge in [-0.25, -0.2) is 0 Å². The third kappa shape index (κ3) is 3.72. The number of ether oxygens (including phenoxy) is 1. The smallest absolute Gasteiger partial charge is 0.119 e. The highest BCUT2D eigenvalue weighted by Crippen LogP contribution is 2.35. The number of rotatable bonds is 7. The summed E-state index contributed by atoms with van der Waals surface area (Å²) in [6.45, 7) is 0.859. The van der Waals surface area contributed by atoms with E-state index in [4.69, 9.17) is 15.6 Å². The van der Waals surface area contributed by atoms with Crippen LogP contribution in [0.25, 0.3) is 0 Å². The molecule has 4 heteroatoms. The molecular formula is C16H25NO3. The van der Waals surface area contributed by atoms with Crippen LogP contribution in [0.4, 0.5) is 0 Å². The Morgan fingerprint density at radius 1 is 1.25 bits per heavy atom. The van der Waals surface area contributed by atoms with E-state index >= 15 is 0 Å². The van der Waals surface area contributed by atoms with E-state index in [0.29, 0.717) is 18.9 Å². The minimum Gasteiger partial charge on any atom is -0.494 e. The second-order valence-electron chi connectivity index (χ2n) is 5.74. The fourth-order valence-corrected chi connectivity index (χ4v) is 3.01. The molecule has 0 heterocycles. The minimum absolute atomic E-state index is 0.0630. The summed E-state index contributed by atoms with van der Waals surface area (Å²) in [6, 6.07) is 7.81. The van der Waals surface area contributed by atoms with Crippen molar-refractivity contribution in [2.45, 2.75) is 37.6 Å². The van der Waals surface area contributed by atoms with Crippen LogP contribution in [-0.2, 0) is 6.42 Å². The van der Waals surface area contributed by atoms with Crippen molar-refractivity contribution in [3.63, 3.8) is 0 Å². The summed E-state index contributed by atoms with van der Waals surface area (Å²) in [5, 5.41) is 18.3. The lowest BCUT2D eigenvalue weighted by Crippen LogP contribution is -2.47. The Kier molecular flexibility index (Phi) is 5.40. The van der Waals surface area contributed by atoms with Crippen molar-refractivity contribution in [2.24, 2.45) is 11.7 Å². The molecule has 0 radical (unpaired) electrons. The predicted molar refractivity (Wildman–Crippen MR) is 78.7 cm³/mol. The van der Waals surface area contributed by atoms with E-state index in [1.165, 1.54) is 0 Å². The summed E-state index contributed by atoms with van der Waals surface area (Å²) >= 11 is 0. The Morgan fingerprint density at radius 3 is 2.65 bits per heavy atom. The highest BCUT2D eigenvalue weighted by Gasteiger charge is 2.38. The first-order chi connectivity index (χ1) is 9.68. The largest absolute Gasteiger partial charge is 0.494 e. The molecule has 2 atom stereocenters. The second kappa shape index (κ2) is 7.07. The van der Waals surface area contributed by atoms with Crippen molar-refractivity contribution in [2.75, 3.05) is 19.8 Å². The molecular weight excluding hydrogens is 254 g/mol. The number of aliphatic hydroxyl groups excluding tert-OH is 2. The quantitative estimate of drug-likeness (QED) is 0.706. The van der Waals surface area contributed by atoms with Gasteiger partial charge in [-0.05, 0) is 49.3 Å². The van der Waals surface area contributed by atoms with E-state index in [-0.39, 0.29) is 13.2 Å². The van der Waals surface area contributed by atoms with Crippen molar-refractivity contribution >= 4 is 0 Å². The van der Waals surface area contributed by atoms with Crippen LogP contribution >= 0.6 is 0 Å². The third-order valence-electron chi connectivity index (χ3n) is 4.36. The second-order valence-corrected chi connectivity index (χ2v) is 5.74. The topological polar surface area (TPSA) is 75.7 Å². The van der Waals surface area contributed by atoms with Gasteiger partial charge in [-0.1, -0.05) is 18.6 Å². The van der Waals surface area contributed by atoms with Crippen LogP contribution in [0, 0.1) is 5.92 Å². The van der Waals surface area contributed by atoms with Crippen LogP contribution in [0.2, 0.25) is 0 Å². The van der Waals surface area contributed by atoms with Gasteiger partial charge in [-0.2, -0.15) is 0 Å². The molecule has 4 nitrogen and oxygen atoms in total. The zero-order valence-electron chi connectivity index (χ0n) is 11.9. The Morgan fingerprint density at radius 2 is 2.00 bits per heavy atom. The molecule has 1 saturated carbocycles. The van der Waals surface area contributed by atoms with Crippen LogP contribution in [-0.4, -0.2) is 35.6 Å². The Hall–Kier alpha value is -1.10. The van der Waals surface area contributed by atoms with E-state index in [1.807, 2.05) is 24.3 Å². The van der Waals surface area contributed by atoms with Crippen LogP contribution in [0.1, 0.15) is 31.2 Å². The van der Waals surface area contributed by atoms with E-state index in [1.54, 1.807) is 0 Å². The first-order valence-corrected chi connectivity index (χ1v) is 7.40. The van der Waals surface area contributed by atoms with Gasteiger partial charge in [-0.15, -0.1) is 0 Å². The molecule has 0 amide bonds. The molecule has 2 rings (SSSR count). The van der Waals surface area contributed by atoms with Gasteiger partial charge >= 0.3 is 0 Å². The molecule has 20 heavy (non-hydrogen) atoms. The lowest BCUT2D eigenvalue weighted by Gasteiger charge is -2.29. The molecule has 1 fully saturated rings. The molecule has 4 N–H and O–H groups in total. The van der Waals surface area contributed by atoms with E-state index in [0.717, 1.165) is 37.0 Å². The van der Waals surface area contributed by atoms with Gasteiger partial charge in [0.2, 0.25) is 0 Å². The molecule has 1 aliphatic rings. The summed E-state index contributed by atoms with van der Waals surface area (Å²) in [6.07, 6.45) is 4.64. The maximum Gasteiger partial charge on any atom is 0.119 e. The van der Waals surface area contributed by atoms with Crippen LogP contribution in [0.15, 0.2) is 24.3 Å². The van der Waals surface area contributed by atoms with E-state index < -0.39 is 5.54 Å². The van der Waals surface area contributed by atoms with Gasteiger partial charge in [0.15, 0.2) is 0 Å². The summed E-state index contributed by atoms with van der Waals surface area (Å²) in [5.74, 6) is 1.19. The minimum atomic E-state index is -0.408. The monoisotopic (exact) mass is 279 g/mol. The van der Waals surface area contributed by atoms with E-state index in [2.05, 4.69) is 0 Å². The first kappa shape index (κ1) is 15.3. The summed E-state index contributed by atoms with van der Waals surface area (Å²) in [7, 11) is 0. The molecule has 1 aliphatic carbocycles. The fourth-order valence-electron chi connectivity index (χ4n) is 3.01. The summed E-state index contributed by atoms with van der Waals surface area (Å²) in [4.78, 5) is 0. The van der Waals surface area contributed by atoms with Crippen molar-refractivity contribution < 1.29 is 14.9 Å². The number of aliphatic hydroxyl groups is 2. The molecule has 0 spiro atoms. The molecule has 1 aromatic rings. The number of nitrogens with two attached hydrogens (primary N) is 1. The molecule has 0 saturated heterocycles. The predicted octanol–water partition coefficient (Wildman–Crippen LogP) is 1.48. The Balaban J connectivity index is 1.78. The first-order valence-electron chi connectivity index (χ1n) is 7.40. The van der Waals surface area contributed by atoms with E-state index in [9.17, 15) is 5.11 Å². The van der Waals surface area contributed by atoms with Crippen LogP contribution in [0.5, 0.6) is 5.75 Å². The maximum atomic E-state index is 9.41. The van der Waals surface area contributed by atoms with Gasteiger partial charge < -0.3 is 20.7 Å². The molecule has 1 aromatic carbocycles. The lowest BCUT2D eigenvalue weighted by molar-refractivity contribution is 0.143. The maximum absolute atomic E-state index is 9.41. The Bertz CT molecular complexity index is 407. The SMILES string of the molecule is NC1(CO)CCCC1CCOc1ccc(CCO)cc1. The highest BCUT2D eigenvalue weighted by atomic mass is 16.5. The number of hydrogen-bond donors (Lipinski definition) is 3. The third-order valence-corrected chi connectivity index (χ3v) is 4.36. The molecule has 0 aliphatic heterocycles. The van der Waals surface area contributed by atoms with Gasteiger partial charge in [0.05, 0.1) is 13.2 Å². The van der Waals surface area contributed by atoms with Crippen molar-refractivity contribution in [1.29, 1.82) is 0 Å². The summed E-state index contributed by atoms with van der Waals surface area (Å²) in [5.41, 5.74) is 6.91. The normalized spacial score (nSPS) is 25.9. The van der Waals surface area contributed by atoms with Crippen LogP contribution < -0.4 is 10.5 Å². The number of benzene rings is 1. The Labute approximate surface area is 120 Å². The molecule has 2 unspecified atom stereocenters. The number of hydrogen-bond acceptors (Lipinski definition) is 4. The fraction of sp³-hybridized carbons (Fsp3) is 0.625. The van der Waals surface area contributed by atoms with Crippen molar-refractivity contribution in [1.82, 2.24) is 0 Å². The zero-order chi connectivity index (χ0) is 14.4. The molecule has 0 bridgehead atoms. The molecule has 112 valence electrons. The average Bonchev–Trinajstić information content (AvgIpc) is 2.83. The van der Waals surface area contributed by atoms with Gasteiger partial charge in [-0.3, -0.25) is 0 Å². The van der Waals surface area contributed by atoms with Gasteiger partial charge in [0.25, 0.3) is 0 Å². The van der Waals surface area contributed by atoms with Crippen molar-refractivity contribution in [3.8, 4) is 5.75 Å². The van der Waals surface area contributed by atoms with Crippen molar-refractivity contribution in [3.05, 3.63) is 29.8 Å². The molecule has 0 aromatic heterocycles. The highest BCUT2D eigenvalue weighted by molar-refractivity contribution is 5.27.